The van der Waals surface area contributed by atoms with Gasteiger partial charge in [-0.25, -0.2) is 0 Å². The fourth-order valence-corrected chi connectivity index (χ4v) is 2.55. The number of rotatable bonds is 7. The van der Waals surface area contributed by atoms with E-state index in [1.807, 2.05) is 0 Å². The Morgan fingerprint density at radius 2 is 2.18 bits per heavy atom. The predicted octanol–water partition coefficient (Wildman–Crippen LogP) is 0.619. The molecule has 0 spiro atoms. The van der Waals surface area contributed by atoms with Gasteiger partial charge in [0.25, 0.3) is 0 Å². The highest BCUT2D eigenvalue weighted by molar-refractivity contribution is 5.99. The second-order valence-electron chi connectivity index (χ2n) is 5.27. The van der Waals surface area contributed by atoms with Crippen LogP contribution in [0.5, 0.6) is 5.75 Å². The van der Waals surface area contributed by atoms with Crippen molar-refractivity contribution in [1.82, 2.24) is 10.6 Å². The summed E-state index contributed by atoms with van der Waals surface area (Å²) in [5.74, 6) is 0.424. The summed E-state index contributed by atoms with van der Waals surface area (Å²) in [6.45, 7) is 1.46. The number of amides is 1. The molecule has 1 aromatic rings. The third-order valence-corrected chi connectivity index (χ3v) is 3.78. The molecule has 1 aliphatic rings. The van der Waals surface area contributed by atoms with E-state index in [-0.39, 0.29) is 23.7 Å². The molecule has 1 saturated heterocycles. The van der Waals surface area contributed by atoms with Crippen LogP contribution in [0.15, 0.2) is 24.3 Å². The van der Waals surface area contributed by atoms with Crippen molar-refractivity contribution in [2.75, 3.05) is 33.9 Å². The molecular weight excluding hydrogens is 284 g/mol. The molecule has 1 amide bonds. The van der Waals surface area contributed by atoms with Crippen molar-refractivity contribution in [3.63, 3.8) is 0 Å². The van der Waals surface area contributed by atoms with Crippen LogP contribution in [-0.4, -0.2) is 51.6 Å². The molecule has 1 heterocycles. The highest BCUT2D eigenvalue weighted by Crippen LogP contribution is 2.22. The minimum atomic E-state index is -0.323. The molecule has 6 heteroatoms. The Morgan fingerprint density at radius 1 is 1.36 bits per heavy atom. The van der Waals surface area contributed by atoms with Crippen LogP contribution in [0.2, 0.25) is 0 Å². The SMILES string of the molecule is COCCNC(=O)C1CC(C(=O)c2cccc(OC)c2)CN1. The standard InChI is InChI=1S/C16H22N2O4/c1-21-7-6-17-16(20)14-9-12(10-18-14)15(19)11-4-3-5-13(8-11)22-2/h3-5,8,12,14,18H,6-7,9-10H2,1-2H3,(H,17,20). The van der Waals surface area contributed by atoms with Gasteiger partial charge in [0.05, 0.1) is 19.8 Å². The maximum absolute atomic E-state index is 12.5. The Labute approximate surface area is 130 Å². The zero-order valence-corrected chi connectivity index (χ0v) is 12.9. The number of ether oxygens (including phenoxy) is 2. The lowest BCUT2D eigenvalue weighted by atomic mass is 9.95. The third kappa shape index (κ3) is 4.05. The fourth-order valence-electron chi connectivity index (χ4n) is 2.55. The van der Waals surface area contributed by atoms with Gasteiger partial charge in [0.2, 0.25) is 5.91 Å². The molecule has 2 unspecified atom stereocenters. The van der Waals surface area contributed by atoms with Crippen molar-refractivity contribution in [3.05, 3.63) is 29.8 Å². The first-order valence-corrected chi connectivity index (χ1v) is 7.34. The largest absolute Gasteiger partial charge is 0.497 e. The van der Waals surface area contributed by atoms with E-state index in [1.54, 1.807) is 38.5 Å². The predicted molar refractivity (Wildman–Crippen MR) is 82.1 cm³/mol. The van der Waals surface area contributed by atoms with Crippen LogP contribution in [0.3, 0.4) is 0 Å². The Morgan fingerprint density at radius 3 is 2.91 bits per heavy atom. The van der Waals surface area contributed by atoms with Gasteiger partial charge in [-0.3, -0.25) is 9.59 Å². The van der Waals surface area contributed by atoms with Crippen molar-refractivity contribution < 1.29 is 19.1 Å². The Kier molecular flexibility index (Phi) is 5.91. The smallest absolute Gasteiger partial charge is 0.237 e. The Bertz CT molecular complexity index is 533. The Balaban J connectivity index is 1.91. The number of carbonyl (C=O) groups is 2. The first-order chi connectivity index (χ1) is 10.7. The number of hydrogen-bond donors (Lipinski definition) is 2. The first kappa shape index (κ1) is 16.5. The van der Waals surface area contributed by atoms with Gasteiger partial charge in [-0.1, -0.05) is 12.1 Å². The number of ketones is 1. The number of benzene rings is 1. The van der Waals surface area contributed by atoms with Gasteiger partial charge in [0.15, 0.2) is 5.78 Å². The highest BCUT2D eigenvalue weighted by Gasteiger charge is 2.33. The highest BCUT2D eigenvalue weighted by atomic mass is 16.5. The lowest BCUT2D eigenvalue weighted by Crippen LogP contribution is -2.41. The van der Waals surface area contributed by atoms with E-state index < -0.39 is 0 Å². The maximum atomic E-state index is 12.5. The van der Waals surface area contributed by atoms with E-state index in [1.165, 1.54) is 0 Å². The number of hydrogen-bond acceptors (Lipinski definition) is 5. The summed E-state index contributed by atoms with van der Waals surface area (Å²) in [6, 6.07) is 6.78. The average molecular weight is 306 g/mol. The molecule has 1 aliphatic heterocycles. The molecule has 2 rings (SSSR count). The van der Waals surface area contributed by atoms with Gasteiger partial charge in [0.1, 0.15) is 5.75 Å². The summed E-state index contributed by atoms with van der Waals surface area (Å²) >= 11 is 0. The second kappa shape index (κ2) is 7.91. The monoisotopic (exact) mass is 306 g/mol. The molecule has 6 nitrogen and oxygen atoms in total. The minimum Gasteiger partial charge on any atom is -0.497 e. The van der Waals surface area contributed by atoms with Crippen LogP contribution in [0.25, 0.3) is 0 Å². The molecule has 0 bridgehead atoms. The Hall–Kier alpha value is -1.92. The summed E-state index contributed by atoms with van der Waals surface area (Å²) in [7, 11) is 3.16. The van der Waals surface area contributed by atoms with Gasteiger partial charge in [-0.15, -0.1) is 0 Å². The van der Waals surface area contributed by atoms with Crippen molar-refractivity contribution in [3.8, 4) is 5.75 Å². The molecule has 0 radical (unpaired) electrons. The van der Waals surface area contributed by atoms with Crippen LogP contribution in [0, 0.1) is 5.92 Å². The molecule has 0 saturated carbocycles. The van der Waals surface area contributed by atoms with Crippen LogP contribution >= 0.6 is 0 Å². The molecule has 2 N–H and O–H groups in total. The number of carbonyl (C=O) groups excluding carboxylic acids is 2. The van der Waals surface area contributed by atoms with Crippen molar-refractivity contribution in [2.24, 2.45) is 5.92 Å². The topological polar surface area (TPSA) is 76.7 Å². The number of nitrogens with one attached hydrogen (secondary N) is 2. The van der Waals surface area contributed by atoms with Crippen molar-refractivity contribution in [2.45, 2.75) is 12.5 Å². The van der Waals surface area contributed by atoms with Crippen molar-refractivity contribution in [1.29, 1.82) is 0 Å². The van der Waals surface area contributed by atoms with Crippen LogP contribution in [0.4, 0.5) is 0 Å². The van der Waals surface area contributed by atoms with E-state index in [2.05, 4.69) is 10.6 Å². The number of Topliss-reactive ketones (excluding diaryl/α,β-unsaturated/α-hetero) is 1. The molecule has 1 fully saturated rings. The van der Waals surface area contributed by atoms with E-state index in [9.17, 15) is 9.59 Å². The van der Waals surface area contributed by atoms with Gasteiger partial charge >= 0.3 is 0 Å². The van der Waals surface area contributed by atoms with Crippen LogP contribution < -0.4 is 15.4 Å². The summed E-state index contributed by atoms with van der Waals surface area (Å²) in [6.07, 6.45) is 0.509. The van der Waals surface area contributed by atoms with Gasteiger partial charge in [0, 0.05) is 31.7 Å². The fraction of sp³-hybridized carbons (Fsp3) is 0.500. The van der Waals surface area contributed by atoms with E-state index in [0.717, 1.165) is 0 Å². The van der Waals surface area contributed by atoms with E-state index in [4.69, 9.17) is 9.47 Å². The molecule has 0 aromatic heterocycles. The van der Waals surface area contributed by atoms with Crippen LogP contribution in [0.1, 0.15) is 16.8 Å². The maximum Gasteiger partial charge on any atom is 0.237 e. The zero-order valence-electron chi connectivity index (χ0n) is 12.9. The quantitative estimate of drug-likeness (QED) is 0.570. The lowest BCUT2D eigenvalue weighted by molar-refractivity contribution is -0.123. The third-order valence-electron chi connectivity index (χ3n) is 3.78. The summed E-state index contributed by atoms with van der Waals surface area (Å²) in [5.41, 5.74) is 0.617. The van der Waals surface area contributed by atoms with Crippen molar-refractivity contribution >= 4 is 11.7 Å². The molecule has 22 heavy (non-hydrogen) atoms. The lowest BCUT2D eigenvalue weighted by Gasteiger charge is -2.11. The van der Waals surface area contributed by atoms with E-state index in [0.29, 0.717) is 37.4 Å². The molecule has 1 aromatic carbocycles. The number of methoxy groups -OCH3 is 2. The van der Waals surface area contributed by atoms with Crippen LogP contribution in [-0.2, 0) is 9.53 Å². The molecular formula is C16H22N2O4. The second-order valence-corrected chi connectivity index (χ2v) is 5.27. The molecule has 0 aliphatic carbocycles. The van der Waals surface area contributed by atoms with Gasteiger partial charge in [-0.05, 0) is 18.6 Å². The van der Waals surface area contributed by atoms with Gasteiger partial charge < -0.3 is 20.1 Å². The summed E-state index contributed by atoms with van der Waals surface area (Å²) in [5, 5.41) is 5.89. The molecule has 2 atom stereocenters. The normalized spacial score (nSPS) is 20.6. The summed E-state index contributed by atoms with van der Waals surface area (Å²) < 4.78 is 10.0. The zero-order chi connectivity index (χ0) is 15.9. The average Bonchev–Trinajstić information content (AvgIpc) is 3.04. The van der Waals surface area contributed by atoms with E-state index >= 15 is 0 Å². The summed E-state index contributed by atoms with van der Waals surface area (Å²) in [4.78, 5) is 24.5. The minimum absolute atomic E-state index is 0.0404. The van der Waals surface area contributed by atoms with Gasteiger partial charge in [-0.2, -0.15) is 0 Å². The molecule has 120 valence electrons. The first-order valence-electron chi connectivity index (χ1n) is 7.34.